The topological polar surface area (TPSA) is 172 Å². The smallest absolute Gasteiger partial charge is 0.257 e. The molecular formula is C33H39N13O3. The Bertz CT molecular complexity index is 1850. The molecule has 0 amide bonds. The van der Waals surface area contributed by atoms with Gasteiger partial charge in [0.25, 0.3) is 5.88 Å². The molecule has 1 saturated heterocycles. The first-order valence-corrected chi connectivity index (χ1v) is 16.5. The summed E-state index contributed by atoms with van der Waals surface area (Å²) in [5.74, 6) is 1.35. The number of benzene rings is 1. The van der Waals surface area contributed by atoms with Gasteiger partial charge in [0.05, 0.1) is 43.3 Å². The number of nitrogens with one attached hydrogen (secondary N) is 1. The second-order valence-corrected chi connectivity index (χ2v) is 12.4. The summed E-state index contributed by atoms with van der Waals surface area (Å²) in [7, 11) is 1.89. The van der Waals surface area contributed by atoms with Crippen molar-refractivity contribution < 1.29 is 14.2 Å². The van der Waals surface area contributed by atoms with Crippen molar-refractivity contribution in [1.29, 1.82) is 5.26 Å². The molecule has 1 N–H and O–H groups in total. The van der Waals surface area contributed by atoms with Crippen molar-refractivity contribution in [3.05, 3.63) is 66.6 Å². The summed E-state index contributed by atoms with van der Waals surface area (Å²) in [4.78, 5) is 11.8. The first-order valence-electron chi connectivity index (χ1n) is 16.5. The van der Waals surface area contributed by atoms with E-state index in [2.05, 4.69) is 46.9 Å². The Morgan fingerprint density at radius 2 is 1.86 bits per heavy atom. The zero-order valence-corrected chi connectivity index (χ0v) is 27.6. The second-order valence-electron chi connectivity index (χ2n) is 12.4. The van der Waals surface area contributed by atoms with Gasteiger partial charge < -0.3 is 19.5 Å². The molecule has 0 spiro atoms. The lowest BCUT2D eigenvalue weighted by Gasteiger charge is -2.38. The van der Waals surface area contributed by atoms with Crippen LogP contribution in [0.3, 0.4) is 0 Å². The van der Waals surface area contributed by atoms with E-state index in [1.54, 1.807) is 34.0 Å². The zero-order valence-electron chi connectivity index (χ0n) is 27.6. The van der Waals surface area contributed by atoms with Gasteiger partial charge in [-0.15, -0.1) is 10.2 Å². The highest BCUT2D eigenvalue weighted by molar-refractivity contribution is 5.67. The van der Waals surface area contributed by atoms with E-state index in [-0.39, 0.29) is 12.1 Å². The Balaban J connectivity index is 1.05. The van der Waals surface area contributed by atoms with Gasteiger partial charge in [0.15, 0.2) is 0 Å². The predicted octanol–water partition coefficient (Wildman–Crippen LogP) is 3.54. The number of nitriles is 1. The van der Waals surface area contributed by atoms with Gasteiger partial charge in [0.2, 0.25) is 5.95 Å². The van der Waals surface area contributed by atoms with E-state index in [0.717, 1.165) is 68.8 Å². The average Bonchev–Trinajstić information content (AvgIpc) is 3.90. The van der Waals surface area contributed by atoms with E-state index in [1.807, 2.05) is 43.0 Å². The third kappa shape index (κ3) is 7.68. The highest BCUT2D eigenvalue weighted by atomic mass is 16.5. The quantitative estimate of drug-likeness (QED) is 0.205. The Kier molecular flexibility index (Phi) is 9.71. The van der Waals surface area contributed by atoms with Crippen molar-refractivity contribution in [2.45, 2.75) is 63.9 Å². The molecule has 0 unspecified atom stereocenters. The molecule has 0 bridgehead atoms. The molecule has 1 saturated carbocycles. The van der Waals surface area contributed by atoms with E-state index >= 15 is 0 Å². The standard InChI is InChI=1S/C33H39N13O3/c1-23(19-45-22-37-41-42-45)49-31-15-24(3-4-25(31)16-34)26-17-35-33(36-18-26)39-30-20-46(40-32(30)48-21-29-9-10-38-43(29)2)28-7-5-27(6-8-28)44-11-13-47-14-12-44/h3-4,9-10,15,17-18,20,22-23,27-28H,5-8,11-14,19,21H2,1-2H3,(H,35,36,39)/t23-,27-,28-/m0/s1. The van der Waals surface area contributed by atoms with Crippen molar-refractivity contribution >= 4 is 11.6 Å². The third-order valence-corrected chi connectivity index (χ3v) is 9.08. The SMILES string of the molecule is C[C@@H](Cn1cnnn1)Oc1cc(-c2cnc(Nc3cn([C@H]4CC[C@H](N5CCOCC5)CC4)nc3OCc3ccnn3C)nc2)ccc1C#N. The first kappa shape index (κ1) is 32.2. The van der Waals surface area contributed by atoms with Gasteiger partial charge in [-0.05, 0) is 66.8 Å². The molecule has 0 radical (unpaired) electrons. The zero-order chi connectivity index (χ0) is 33.6. The highest BCUT2D eigenvalue weighted by Gasteiger charge is 2.29. The third-order valence-electron chi connectivity index (χ3n) is 9.08. The Morgan fingerprint density at radius 1 is 1.06 bits per heavy atom. The molecule has 5 aromatic rings. The molecule has 7 rings (SSSR count). The molecule has 1 aliphatic carbocycles. The van der Waals surface area contributed by atoms with Crippen molar-refractivity contribution in [3.63, 3.8) is 0 Å². The van der Waals surface area contributed by atoms with Crippen molar-refractivity contribution in [3.8, 4) is 28.8 Å². The summed E-state index contributed by atoms with van der Waals surface area (Å²) < 4.78 is 23.3. The molecule has 2 fully saturated rings. The Morgan fingerprint density at radius 3 is 2.57 bits per heavy atom. The second kappa shape index (κ2) is 14.8. The van der Waals surface area contributed by atoms with Crippen LogP contribution >= 0.6 is 0 Å². The maximum atomic E-state index is 9.68. The average molecular weight is 666 g/mol. The number of morpholine rings is 1. The molecule has 16 heteroatoms. The fourth-order valence-corrected chi connectivity index (χ4v) is 6.41. The van der Waals surface area contributed by atoms with Gasteiger partial charge in [-0.2, -0.15) is 10.4 Å². The van der Waals surface area contributed by atoms with E-state index in [1.165, 1.54) is 6.33 Å². The lowest BCUT2D eigenvalue weighted by molar-refractivity contribution is 0.00502. The number of nitrogens with zero attached hydrogens (tertiary/aromatic N) is 12. The molecule has 5 heterocycles. The number of anilines is 2. The lowest BCUT2D eigenvalue weighted by Crippen LogP contribution is -2.45. The predicted molar refractivity (Wildman–Crippen MR) is 177 cm³/mol. The van der Waals surface area contributed by atoms with Crippen LogP contribution in [0.15, 0.2) is 55.4 Å². The minimum atomic E-state index is -0.274. The van der Waals surface area contributed by atoms with Crippen LogP contribution in [0.4, 0.5) is 11.6 Å². The van der Waals surface area contributed by atoms with Crippen LogP contribution in [0, 0.1) is 11.3 Å². The van der Waals surface area contributed by atoms with E-state index < -0.39 is 0 Å². The first-order chi connectivity index (χ1) is 24.0. The van der Waals surface area contributed by atoms with Crippen molar-refractivity contribution in [2.24, 2.45) is 7.05 Å². The number of aryl methyl sites for hydroxylation is 1. The summed E-state index contributed by atoms with van der Waals surface area (Å²) in [5.41, 5.74) is 3.64. The van der Waals surface area contributed by atoms with E-state index in [0.29, 0.717) is 48.0 Å². The number of ether oxygens (including phenoxy) is 3. The normalized spacial score (nSPS) is 18.9. The maximum Gasteiger partial charge on any atom is 0.257 e. The van der Waals surface area contributed by atoms with Crippen LogP contribution in [0.2, 0.25) is 0 Å². The van der Waals surface area contributed by atoms with Gasteiger partial charge >= 0.3 is 0 Å². The molecule has 1 aromatic carbocycles. The lowest BCUT2D eigenvalue weighted by atomic mass is 9.90. The van der Waals surface area contributed by atoms with Crippen molar-refractivity contribution in [1.82, 2.24) is 54.6 Å². The summed E-state index contributed by atoms with van der Waals surface area (Å²) in [5, 5.41) is 33.4. The summed E-state index contributed by atoms with van der Waals surface area (Å²) in [6.45, 7) is 6.32. The molecule has 49 heavy (non-hydrogen) atoms. The van der Waals surface area contributed by atoms with Crippen LogP contribution in [-0.4, -0.2) is 93.1 Å². The minimum absolute atomic E-state index is 0.274. The fourth-order valence-electron chi connectivity index (χ4n) is 6.41. The van der Waals surface area contributed by atoms with Gasteiger partial charge in [0, 0.05) is 50.3 Å². The molecule has 1 atom stereocenters. The summed E-state index contributed by atoms with van der Waals surface area (Å²) >= 11 is 0. The Hall–Kier alpha value is -5.40. The number of rotatable bonds is 12. The number of hydrogen-bond donors (Lipinski definition) is 1. The van der Waals surface area contributed by atoms with Crippen LogP contribution in [0.1, 0.15) is 49.9 Å². The van der Waals surface area contributed by atoms with Crippen LogP contribution in [-0.2, 0) is 24.9 Å². The van der Waals surface area contributed by atoms with Gasteiger partial charge in [0.1, 0.15) is 36.5 Å². The monoisotopic (exact) mass is 665 g/mol. The number of hydrogen-bond acceptors (Lipinski definition) is 13. The largest absolute Gasteiger partial charge is 0.487 e. The van der Waals surface area contributed by atoms with E-state index in [4.69, 9.17) is 19.3 Å². The molecule has 254 valence electrons. The molecule has 1 aliphatic heterocycles. The number of aromatic nitrogens is 10. The molecule has 4 aromatic heterocycles. The summed E-state index contributed by atoms with van der Waals surface area (Å²) in [6.07, 6.45) is 12.8. The van der Waals surface area contributed by atoms with Gasteiger partial charge in [-0.1, -0.05) is 6.07 Å². The molecule has 2 aliphatic rings. The van der Waals surface area contributed by atoms with Crippen LogP contribution in [0.5, 0.6) is 11.6 Å². The fraction of sp³-hybridized carbons (Fsp3) is 0.455. The maximum absolute atomic E-state index is 9.68. The van der Waals surface area contributed by atoms with E-state index in [9.17, 15) is 5.26 Å². The van der Waals surface area contributed by atoms with Gasteiger partial charge in [-0.3, -0.25) is 14.3 Å². The Labute approximate surface area is 283 Å². The summed E-state index contributed by atoms with van der Waals surface area (Å²) in [6, 6.07) is 10.4. The number of tetrazole rings is 1. The molecule has 16 nitrogen and oxygen atoms in total. The van der Waals surface area contributed by atoms with Crippen molar-refractivity contribution in [2.75, 3.05) is 31.6 Å². The molecular weight excluding hydrogens is 626 g/mol. The minimum Gasteiger partial charge on any atom is -0.487 e. The van der Waals surface area contributed by atoms with Crippen LogP contribution in [0.25, 0.3) is 11.1 Å². The highest BCUT2D eigenvalue weighted by Crippen LogP contribution is 2.35. The van der Waals surface area contributed by atoms with Crippen LogP contribution < -0.4 is 14.8 Å². The van der Waals surface area contributed by atoms with Gasteiger partial charge in [-0.25, -0.2) is 14.6 Å².